The number of pyridine rings is 2. The minimum absolute atomic E-state index is 0.0575. The number of aromatic nitrogens is 3. The summed E-state index contributed by atoms with van der Waals surface area (Å²) in [7, 11) is 0. The first-order valence-electron chi connectivity index (χ1n) is 11.4. The predicted molar refractivity (Wildman–Crippen MR) is 138 cm³/mol. The highest BCUT2D eigenvalue weighted by atomic mass is 16.6. The topological polar surface area (TPSA) is 148 Å². The minimum Gasteiger partial charge on any atom is -0.444 e. The van der Waals surface area contributed by atoms with Crippen molar-refractivity contribution < 1.29 is 23.6 Å². The van der Waals surface area contributed by atoms with E-state index in [1.807, 2.05) is 19.1 Å². The number of nitrogens with zero attached hydrogens (tertiary/aromatic N) is 3. The minimum atomic E-state index is -0.935. The molecule has 0 aliphatic carbocycles. The first kappa shape index (κ1) is 25.3. The lowest BCUT2D eigenvalue weighted by atomic mass is 10.0. The van der Waals surface area contributed by atoms with E-state index in [1.165, 1.54) is 12.3 Å². The van der Waals surface area contributed by atoms with Crippen LogP contribution in [0.3, 0.4) is 0 Å². The Hall–Kier alpha value is -4.80. The van der Waals surface area contributed by atoms with Crippen LogP contribution in [0.1, 0.15) is 32.0 Å². The van der Waals surface area contributed by atoms with Gasteiger partial charge in [-0.3, -0.25) is 25.2 Å². The van der Waals surface area contributed by atoms with E-state index in [-0.39, 0.29) is 11.7 Å². The van der Waals surface area contributed by atoms with E-state index in [0.717, 1.165) is 10.9 Å². The maximum absolute atomic E-state index is 12.6. The smallest absolute Gasteiger partial charge is 0.412 e. The van der Waals surface area contributed by atoms with Gasteiger partial charge in [0.2, 0.25) is 5.88 Å². The summed E-state index contributed by atoms with van der Waals surface area (Å²) in [6, 6.07) is 10.5. The molecule has 3 amide bonds. The zero-order valence-electron chi connectivity index (χ0n) is 21.0. The van der Waals surface area contributed by atoms with E-state index in [4.69, 9.17) is 9.26 Å². The van der Waals surface area contributed by atoms with Crippen LogP contribution in [0.4, 0.5) is 22.2 Å². The average Bonchev–Trinajstić information content (AvgIpc) is 3.22. The maximum Gasteiger partial charge on any atom is 0.412 e. The van der Waals surface area contributed by atoms with Crippen molar-refractivity contribution in [1.29, 1.82) is 0 Å². The molecule has 0 radical (unpaired) electrons. The lowest BCUT2D eigenvalue weighted by molar-refractivity contribution is -0.133. The molecule has 190 valence electrons. The third-order valence-electron chi connectivity index (χ3n) is 5.12. The number of amides is 3. The number of rotatable bonds is 4. The van der Waals surface area contributed by atoms with Crippen molar-refractivity contribution in [2.24, 2.45) is 0 Å². The molecule has 0 aliphatic rings. The Labute approximate surface area is 212 Å². The second-order valence-electron chi connectivity index (χ2n) is 9.32. The van der Waals surface area contributed by atoms with Crippen LogP contribution < -0.4 is 16.0 Å². The highest BCUT2D eigenvalue weighted by Crippen LogP contribution is 2.32. The Morgan fingerprint density at radius 2 is 1.70 bits per heavy atom. The number of carbonyl (C=O) groups excluding carboxylic acids is 3. The van der Waals surface area contributed by atoms with Crippen LogP contribution in [-0.2, 0) is 14.3 Å². The number of hydrogen-bond donors (Lipinski definition) is 3. The lowest BCUT2D eigenvalue weighted by Gasteiger charge is -2.20. The molecule has 0 aliphatic heterocycles. The van der Waals surface area contributed by atoms with E-state index >= 15 is 0 Å². The van der Waals surface area contributed by atoms with Gasteiger partial charge in [0.25, 0.3) is 0 Å². The first-order chi connectivity index (χ1) is 17.5. The van der Waals surface area contributed by atoms with Crippen molar-refractivity contribution in [1.82, 2.24) is 15.1 Å². The summed E-state index contributed by atoms with van der Waals surface area (Å²) >= 11 is 0. The molecule has 1 aromatic carbocycles. The number of benzene rings is 1. The van der Waals surface area contributed by atoms with Crippen LogP contribution in [0.2, 0.25) is 0 Å². The van der Waals surface area contributed by atoms with Gasteiger partial charge in [-0.25, -0.2) is 9.78 Å². The maximum atomic E-state index is 12.6. The fourth-order valence-electron chi connectivity index (χ4n) is 3.56. The normalized spacial score (nSPS) is 11.2. The third kappa shape index (κ3) is 6.07. The SMILES string of the molecule is Cc1cc(NC(=O)C(=O)Nc2nccc(C)c2-c2cc3cccc(NC(=O)OC(C)(C)C)c3cn2)on1. The molecule has 37 heavy (non-hydrogen) atoms. The molecule has 0 spiro atoms. The number of fused-ring (bicyclic) bond motifs is 1. The van der Waals surface area contributed by atoms with E-state index in [2.05, 4.69) is 31.1 Å². The highest BCUT2D eigenvalue weighted by molar-refractivity contribution is 6.43. The monoisotopic (exact) mass is 502 g/mol. The molecule has 0 unspecified atom stereocenters. The summed E-state index contributed by atoms with van der Waals surface area (Å²) in [4.78, 5) is 46.0. The second kappa shape index (κ2) is 10.1. The Morgan fingerprint density at radius 1 is 0.946 bits per heavy atom. The molecular weight excluding hydrogens is 476 g/mol. The number of nitrogens with one attached hydrogen (secondary N) is 3. The summed E-state index contributed by atoms with van der Waals surface area (Å²) < 4.78 is 10.3. The van der Waals surface area contributed by atoms with Gasteiger partial charge in [0.1, 0.15) is 11.4 Å². The van der Waals surface area contributed by atoms with E-state index < -0.39 is 23.5 Å². The van der Waals surface area contributed by atoms with Gasteiger partial charge in [-0.15, -0.1) is 0 Å². The van der Waals surface area contributed by atoms with E-state index in [9.17, 15) is 14.4 Å². The molecule has 3 heterocycles. The quantitative estimate of drug-likeness (QED) is 0.336. The molecule has 0 fully saturated rings. The van der Waals surface area contributed by atoms with Crippen molar-refractivity contribution in [2.45, 2.75) is 40.2 Å². The molecule has 0 saturated carbocycles. The Bertz CT molecular complexity index is 1510. The molecule has 11 nitrogen and oxygen atoms in total. The Balaban J connectivity index is 1.61. The number of ether oxygens (including phenoxy) is 1. The standard InChI is InChI=1S/C26H26N6O5/c1-14-9-10-27-22(31-24(34)23(33)30-20-11-15(2)32-37-20)21(14)19-12-16-7-6-8-18(17(16)13-28-19)29-25(35)36-26(3,4)5/h6-13H,1-5H3,(H,29,35)(H,30,33)(H,27,31,34). The van der Waals surface area contributed by atoms with E-state index in [1.54, 1.807) is 52.1 Å². The number of carbonyl (C=O) groups is 3. The average molecular weight is 503 g/mol. The summed E-state index contributed by atoms with van der Waals surface area (Å²) in [5, 5.41) is 12.8. The van der Waals surface area contributed by atoms with Gasteiger partial charge in [0.15, 0.2) is 0 Å². The molecular formula is C26H26N6O5. The molecule has 11 heteroatoms. The number of hydrogen-bond acceptors (Lipinski definition) is 8. The summed E-state index contributed by atoms with van der Waals surface area (Å²) in [6.45, 7) is 8.89. The third-order valence-corrected chi connectivity index (χ3v) is 5.12. The van der Waals surface area contributed by atoms with E-state index in [0.29, 0.717) is 28.0 Å². The van der Waals surface area contributed by atoms with Crippen molar-refractivity contribution in [2.75, 3.05) is 16.0 Å². The van der Waals surface area contributed by atoms with Gasteiger partial charge >= 0.3 is 17.9 Å². The van der Waals surface area contributed by atoms with Crippen LogP contribution in [0, 0.1) is 13.8 Å². The zero-order chi connectivity index (χ0) is 26.7. The molecule has 0 saturated heterocycles. The highest BCUT2D eigenvalue weighted by Gasteiger charge is 2.21. The Kier molecular flexibility index (Phi) is 6.87. The fraction of sp³-hybridized carbons (Fsp3) is 0.231. The zero-order valence-corrected chi connectivity index (χ0v) is 21.0. The van der Waals surface area contributed by atoms with Gasteiger partial charge in [-0.1, -0.05) is 17.3 Å². The van der Waals surface area contributed by atoms with Crippen LogP contribution in [-0.4, -0.2) is 38.6 Å². The van der Waals surface area contributed by atoms with Crippen LogP contribution >= 0.6 is 0 Å². The van der Waals surface area contributed by atoms with Gasteiger partial charge in [0.05, 0.1) is 17.1 Å². The van der Waals surface area contributed by atoms with Crippen LogP contribution in [0.25, 0.3) is 22.0 Å². The van der Waals surface area contributed by atoms with Crippen LogP contribution in [0.5, 0.6) is 0 Å². The molecule has 3 N–H and O–H groups in total. The van der Waals surface area contributed by atoms with Crippen LogP contribution in [0.15, 0.2) is 53.3 Å². The van der Waals surface area contributed by atoms with Gasteiger partial charge in [-0.05, 0) is 63.8 Å². The molecule has 0 bridgehead atoms. The summed E-state index contributed by atoms with van der Waals surface area (Å²) in [5.41, 5.74) is 2.32. The van der Waals surface area contributed by atoms with Crippen molar-refractivity contribution in [3.05, 3.63) is 60.0 Å². The largest absolute Gasteiger partial charge is 0.444 e. The predicted octanol–water partition coefficient (Wildman–Crippen LogP) is 4.83. The summed E-state index contributed by atoms with van der Waals surface area (Å²) in [6.07, 6.45) is 2.57. The summed E-state index contributed by atoms with van der Waals surface area (Å²) in [5.74, 6) is -1.64. The lowest BCUT2D eigenvalue weighted by Crippen LogP contribution is -2.29. The van der Waals surface area contributed by atoms with Crippen molar-refractivity contribution >= 4 is 46.1 Å². The van der Waals surface area contributed by atoms with Gasteiger partial charge in [0, 0.05) is 29.4 Å². The fourth-order valence-corrected chi connectivity index (χ4v) is 3.56. The van der Waals surface area contributed by atoms with Crippen molar-refractivity contribution in [3.8, 4) is 11.3 Å². The second-order valence-corrected chi connectivity index (χ2v) is 9.32. The first-order valence-corrected chi connectivity index (χ1v) is 11.4. The molecule has 3 aromatic heterocycles. The van der Waals surface area contributed by atoms with Crippen molar-refractivity contribution in [3.63, 3.8) is 0 Å². The van der Waals surface area contributed by atoms with Gasteiger partial charge < -0.3 is 14.6 Å². The Morgan fingerprint density at radius 3 is 2.41 bits per heavy atom. The number of anilines is 3. The molecule has 4 rings (SSSR count). The molecule has 4 aromatic rings. The van der Waals surface area contributed by atoms with Gasteiger partial charge in [-0.2, -0.15) is 0 Å². The number of aryl methyl sites for hydroxylation is 2. The molecule has 0 atom stereocenters.